The second-order valence-corrected chi connectivity index (χ2v) is 5.21. The highest BCUT2D eigenvalue weighted by Crippen LogP contribution is 2.26. The molecule has 0 amide bonds. The number of aryl methyl sites for hydroxylation is 2. The van der Waals surface area contributed by atoms with Crippen LogP contribution in [0.15, 0.2) is 18.2 Å². The minimum absolute atomic E-state index is 0.237. The van der Waals surface area contributed by atoms with Crippen molar-refractivity contribution in [1.82, 2.24) is 14.8 Å². The summed E-state index contributed by atoms with van der Waals surface area (Å²) >= 11 is 0. The van der Waals surface area contributed by atoms with E-state index in [1.165, 1.54) is 12.1 Å². The highest BCUT2D eigenvalue weighted by atomic mass is 19.1. The van der Waals surface area contributed by atoms with Crippen LogP contribution in [0.4, 0.5) is 4.39 Å². The van der Waals surface area contributed by atoms with Crippen LogP contribution in [-0.4, -0.2) is 21.3 Å². The Labute approximate surface area is 111 Å². The van der Waals surface area contributed by atoms with Crippen molar-refractivity contribution in [2.75, 3.05) is 6.54 Å². The van der Waals surface area contributed by atoms with Crippen molar-refractivity contribution in [3.8, 4) is 11.4 Å². The van der Waals surface area contributed by atoms with Gasteiger partial charge in [0.25, 0.3) is 0 Å². The fourth-order valence-electron chi connectivity index (χ4n) is 2.67. The molecule has 2 N–H and O–H groups in total. The van der Waals surface area contributed by atoms with Crippen LogP contribution in [0.2, 0.25) is 0 Å². The SMILES string of the molecule is Cc1cc(F)cc(-c2nnc3n2CC(CN)CC3)c1. The van der Waals surface area contributed by atoms with Crippen molar-refractivity contribution in [2.45, 2.75) is 26.3 Å². The molecule has 5 heteroatoms. The normalized spacial score (nSPS) is 18.4. The molecule has 0 aliphatic carbocycles. The topological polar surface area (TPSA) is 56.7 Å². The van der Waals surface area contributed by atoms with E-state index in [9.17, 15) is 4.39 Å². The summed E-state index contributed by atoms with van der Waals surface area (Å²) in [6, 6.07) is 4.96. The Kier molecular flexibility index (Phi) is 3.06. The zero-order chi connectivity index (χ0) is 13.4. The number of benzene rings is 1. The van der Waals surface area contributed by atoms with Gasteiger partial charge in [0.2, 0.25) is 0 Å². The van der Waals surface area contributed by atoms with Gasteiger partial charge < -0.3 is 10.3 Å². The quantitative estimate of drug-likeness (QED) is 0.897. The van der Waals surface area contributed by atoms with Gasteiger partial charge in [-0.2, -0.15) is 0 Å². The summed E-state index contributed by atoms with van der Waals surface area (Å²) in [7, 11) is 0. The predicted molar refractivity (Wildman–Crippen MR) is 71.0 cm³/mol. The molecule has 4 nitrogen and oxygen atoms in total. The van der Waals surface area contributed by atoms with Gasteiger partial charge in [0, 0.05) is 18.5 Å². The van der Waals surface area contributed by atoms with Gasteiger partial charge in [-0.15, -0.1) is 10.2 Å². The second-order valence-electron chi connectivity index (χ2n) is 5.21. The fourth-order valence-corrected chi connectivity index (χ4v) is 2.67. The molecule has 0 bridgehead atoms. The van der Waals surface area contributed by atoms with Gasteiger partial charge in [-0.3, -0.25) is 0 Å². The number of rotatable bonds is 2. The average Bonchev–Trinajstić information content (AvgIpc) is 2.80. The minimum Gasteiger partial charge on any atom is -0.330 e. The lowest BCUT2D eigenvalue weighted by molar-refractivity contribution is 0.375. The van der Waals surface area contributed by atoms with Gasteiger partial charge in [-0.05, 0) is 49.6 Å². The van der Waals surface area contributed by atoms with E-state index in [4.69, 9.17) is 5.73 Å². The fraction of sp³-hybridized carbons (Fsp3) is 0.429. The summed E-state index contributed by atoms with van der Waals surface area (Å²) in [6.45, 7) is 3.37. The van der Waals surface area contributed by atoms with E-state index < -0.39 is 0 Å². The van der Waals surface area contributed by atoms with E-state index in [-0.39, 0.29) is 5.82 Å². The predicted octanol–water partition coefficient (Wildman–Crippen LogP) is 1.91. The highest BCUT2D eigenvalue weighted by Gasteiger charge is 2.22. The number of fused-ring (bicyclic) bond motifs is 1. The molecule has 2 aromatic rings. The third-order valence-corrected chi connectivity index (χ3v) is 3.68. The smallest absolute Gasteiger partial charge is 0.164 e. The van der Waals surface area contributed by atoms with Gasteiger partial charge >= 0.3 is 0 Å². The molecule has 0 saturated carbocycles. The maximum Gasteiger partial charge on any atom is 0.164 e. The Balaban J connectivity index is 2.04. The molecule has 0 radical (unpaired) electrons. The summed E-state index contributed by atoms with van der Waals surface area (Å²) in [6.07, 6.45) is 1.94. The lowest BCUT2D eigenvalue weighted by Crippen LogP contribution is -2.26. The second kappa shape index (κ2) is 4.74. The van der Waals surface area contributed by atoms with Crippen LogP contribution in [0.3, 0.4) is 0 Å². The monoisotopic (exact) mass is 260 g/mol. The van der Waals surface area contributed by atoms with Crippen molar-refractivity contribution in [3.05, 3.63) is 35.4 Å². The zero-order valence-electron chi connectivity index (χ0n) is 10.9. The molecule has 1 aliphatic rings. The Hall–Kier alpha value is -1.75. The Morgan fingerprint density at radius 2 is 2.21 bits per heavy atom. The maximum absolute atomic E-state index is 13.5. The van der Waals surface area contributed by atoms with Crippen molar-refractivity contribution >= 4 is 0 Å². The van der Waals surface area contributed by atoms with Crippen LogP contribution in [0.5, 0.6) is 0 Å². The molecule has 1 aromatic carbocycles. The van der Waals surface area contributed by atoms with Crippen molar-refractivity contribution in [3.63, 3.8) is 0 Å². The van der Waals surface area contributed by atoms with Crippen LogP contribution >= 0.6 is 0 Å². The molecule has 1 unspecified atom stereocenters. The summed E-state index contributed by atoms with van der Waals surface area (Å²) in [5, 5.41) is 8.44. The molecule has 19 heavy (non-hydrogen) atoms. The molecular formula is C14H17FN4. The van der Waals surface area contributed by atoms with E-state index in [1.807, 2.05) is 13.0 Å². The van der Waals surface area contributed by atoms with E-state index in [2.05, 4.69) is 14.8 Å². The third kappa shape index (κ3) is 2.26. The lowest BCUT2D eigenvalue weighted by atomic mass is 9.99. The maximum atomic E-state index is 13.5. The first kappa shape index (κ1) is 12.3. The van der Waals surface area contributed by atoms with Crippen molar-refractivity contribution < 1.29 is 4.39 Å². The van der Waals surface area contributed by atoms with E-state index in [0.29, 0.717) is 12.5 Å². The van der Waals surface area contributed by atoms with Gasteiger partial charge in [0.05, 0.1) is 0 Å². The summed E-state index contributed by atoms with van der Waals surface area (Å²) in [5.74, 6) is 1.94. The third-order valence-electron chi connectivity index (χ3n) is 3.68. The molecule has 1 aromatic heterocycles. The molecule has 3 rings (SSSR count). The van der Waals surface area contributed by atoms with Crippen molar-refractivity contribution in [2.24, 2.45) is 11.7 Å². The Bertz CT molecular complexity index is 585. The molecule has 100 valence electrons. The number of aromatic nitrogens is 3. The average molecular weight is 260 g/mol. The van der Waals surface area contributed by atoms with E-state index in [0.717, 1.165) is 42.2 Å². The van der Waals surface area contributed by atoms with Crippen LogP contribution in [0.1, 0.15) is 17.8 Å². The minimum atomic E-state index is -0.237. The highest BCUT2D eigenvalue weighted by molar-refractivity contribution is 5.57. The first-order valence-corrected chi connectivity index (χ1v) is 6.57. The Morgan fingerprint density at radius 1 is 1.37 bits per heavy atom. The number of nitrogens with zero attached hydrogens (tertiary/aromatic N) is 3. The lowest BCUT2D eigenvalue weighted by Gasteiger charge is -2.23. The number of halogens is 1. The molecular weight excluding hydrogens is 243 g/mol. The molecule has 1 atom stereocenters. The van der Waals surface area contributed by atoms with Gasteiger partial charge in [0.15, 0.2) is 5.82 Å². The molecule has 0 saturated heterocycles. The van der Waals surface area contributed by atoms with Crippen LogP contribution in [-0.2, 0) is 13.0 Å². The van der Waals surface area contributed by atoms with Gasteiger partial charge in [-0.1, -0.05) is 0 Å². The van der Waals surface area contributed by atoms with Crippen LogP contribution in [0, 0.1) is 18.7 Å². The number of hydrogen-bond donors (Lipinski definition) is 1. The molecule has 2 heterocycles. The zero-order valence-corrected chi connectivity index (χ0v) is 10.9. The Morgan fingerprint density at radius 3 is 2.95 bits per heavy atom. The number of hydrogen-bond acceptors (Lipinski definition) is 3. The van der Waals surface area contributed by atoms with Crippen molar-refractivity contribution in [1.29, 1.82) is 0 Å². The van der Waals surface area contributed by atoms with E-state index >= 15 is 0 Å². The van der Waals surface area contributed by atoms with E-state index in [1.54, 1.807) is 0 Å². The first-order chi connectivity index (χ1) is 9.17. The van der Waals surface area contributed by atoms with Gasteiger partial charge in [-0.25, -0.2) is 4.39 Å². The first-order valence-electron chi connectivity index (χ1n) is 6.57. The summed E-state index contributed by atoms with van der Waals surface area (Å²) < 4.78 is 15.6. The summed E-state index contributed by atoms with van der Waals surface area (Å²) in [5.41, 5.74) is 7.43. The summed E-state index contributed by atoms with van der Waals surface area (Å²) in [4.78, 5) is 0. The van der Waals surface area contributed by atoms with Crippen LogP contribution in [0.25, 0.3) is 11.4 Å². The molecule has 1 aliphatic heterocycles. The van der Waals surface area contributed by atoms with Gasteiger partial charge in [0.1, 0.15) is 11.6 Å². The molecule has 0 spiro atoms. The number of nitrogens with two attached hydrogens (primary N) is 1. The largest absolute Gasteiger partial charge is 0.330 e. The van der Waals surface area contributed by atoms with Crippen LogP contribution < -0.4 is 5.73 Å². The molecule has 0 fully saturated rings. The standard InChI is InChI=1S/C14H17FN4/c1-9-4-11(6-12(15)5-9)14-18-17-13-3-2-10(7-16)8-19(13)14/h4-6,10H,2-3,7-8,16H2,1H3.